The standard InChI is InChI=1S/C13H18BrNOS/c1-13(2)5-3-4-11(13)12(16)15-7-10-6-9(14)8-17-10/h6,8,11H,3-5,7H2,1-2H3,(H,15,16). The van der Waals surface area contributed by atoms with Crippen molar-refractivity contribution in [2.45, 2.75) is 39.7 Å². The molecule has 94 valence electrons. The number of halogens is 1. The Labute approximate surface area is 115 Å². The fraction of sp³-hybridized carbons (Fsp3) is 0.615. The van der Waals surface area contributed by atoms with Gasteiger partial charge in [-0.1, -0.05) is 20.3 Å². The molecule has 0 aromatic carbocycles. The molecular formula is C13H18BrNOS. The highest BCUT2D eigenvalue weighted by atomic mass is 79.9. The molecule has 0 aliphatic heterocycles. The Morgan fingerprint density at radius 3 is 2.94 bits per heavy atom. The molecule has 0 spiro atoms. The van der Waals surface area contributed by atoms with Crippen LogP contribution >= 0.6 is 27.3 Å². The van der Waals surface area contributed by atoms with Crippen LogP contribution in [0.1, 0.15) is 38.0 Å². The third kappa shape index (κ3) is 3.10. The van der Waals surface area contributed by atoms with Crippen molar-refractivity contribution in [1.29, 1.82) is 0 Å². The number of nitrogens with one attached hydrogen (secondary N) is 1. The van der Waals surface area contributed by atoms with Crippen molar-refractivity contribution in [2.75, 3.05) is 0 Å². The summed E-state index contributed by atoms with van der Waals surface area (Å²) in [6.07, 6.45) is 3.37. The van der Waals surface area contributed by atoms with Gasteiger partial charge in [0.25, 0.3) is 0 Å². The zero-order chi connectivity index (χ0) is 12.5. The van der Waals surface area contributed by atoms with Crippen LogP contribution < -0.4 is 5.32 Å². The number of carbonyl (C=O) groups is 1. The van der Waals surface area contributed by atoms with Crippen LogP contribution in [0.25, 0.3) is 0 Å². The van der Waals surface area contributed by atoms with Gasteiger partial charge in [-0.3, -0.25) is 4.79 Å². The van der Waals surface area contributed by atoms with Crippen molar-refractivity contribution in [3.63, 3.8) is 0 Å². The molecule has 0 bridgehead atoms. The summed E-state index contributed by atoms with van der Waals surface area (Å²) >= 11 is 5.09. The van der Waals surface area contributed by atoms with E-state index < -0.39 is 0 Å². The molecule has 1 fully saturated rings. The third-order valence-corrected chi connectivity index (χ3v) is 5.33. The SMILES string of the molecule is CC1(C)CCCC1C(=O)NCc1cc(Br)cs1. The lowest BCUT2D eigenvalue weighted by molar-refractivity contribution is -0.127. The molecule has 1 atom stereocenters. The molecule has 17 heavy (non-hydrogen) atoms. The first kappa shape index (κ1) is 13.1. The lowest BCUT2D eigenvalue weighted by Gasteiger charge is -2.25. The van der Waals surface area contributed by atoms with Crippen LogP contribution in [0, 0.1) is 11.3 Å². The molecule has 0 saturated heterocycles. The lowest BCUT2D eigenvalue weighted by Crippen LogP contribution is -2.35. The zero-order valence-electron chi connectivity index (χ0n) is 10.3. The summed E-state index contributed by atoms with van der Waals surface area (Å²) in [5.41, 5.74) is 0.167. The summed E-state index contributed by atoms with van der Waals surface area (Å²) in [4.78, 5) is 13.3. The van der Waals surface area contributed by atoms with Crippen molar-refractivity contribution in [3.05, 3.63) is 20.8 Å². The Balaban J connectivity index is 1.89. The van der Waals surface area contributed by atoms with Gasteiger partial charge in [0.1, 0.15) is 0 Å². The molecule has 1 amide bonds. The first-order valence-corrected chi connectivity index (χ1v) is 7.67. The van der Waals surface area contributed by atoms with Crippen molar-refractivity contribution >= 4 is 33.2 Å². The molecule has 2 nitrogen and oxygen atoms in total. The Kier molecular flexibility index (Phi) is 3.93. The van der Waals surface area contributed by atoms with Crippen LogP contribution in [0.3, 0.4) is 0 Å². The number of carbonyl (C=O) groups excluding carboxylic acids is 1. The Morgan fingerprint density at radius 1 is 1.65 bits per heavy atom. The number of hydrogen-bond donors (Lipinski definition) is 1. The fourth-order valence-electron chi connectivity index (χ4n) is 2.56. The summed E-state index contributed by atoms with van der Waals surface area (Å²) in [5, 5.41) is 5.10. The van der Waals surface area contributed by atoms with E-state index in [1.807, 2.05) is 5.38 Å². The second kappa shape index (κ2) is 5.11. The molecule has 1 aliphatic carbocycles. The van der Waals surface area contributed by atoms with Crippen LogP contribution in [-0.4, -0.2) is 5.91 Å². The summed E-state index contributed by atoms with van der Waals surface area (Å²) in [6, 6.07) is 2.06. The molecule has 2 rings (SSSR count). The minimum atomic E-state index is 0.167. The number of amides is 1. The van der Waals surface area contributed by atoms with Gasteiger partial charge in [0.2, 0.25) is 5.91 Å². The summed E-state index contributed by atoms with van der Waals surface area (Å²) in [6.45, 7) is 5.06. The van der Waals surface area contributed by atoms with E-state index in [1.54, 1.807) is 11.3 Å². The van der Waals surface area contributed by atoms with Crippen molar-refractivity contribution < 1.29 is 4.79 Å². The molecule has 4 heteroatoms. The van der Waals surface area contributed by atoms with Crippen LogP contribution in [0.5, 0.6) is 0 Å². The molecule has 1 aromatic rings. The highest BCUT2D eigenvalue weighted by molar-refractivity contribution is 9.10. The van der Waals surface area contributed by atoms with Gasteiger partial charge in [-0.25, -0.2) is 0 Å². The van der Waals surface area contributed by atoms with E-state index >= 15 is 0 Å². The van der Waals surface area contributed by atoms with Gasteiger partial charge in [0.15, 0.2) is 0 Å². The monoisotopic (exact) mass is 315 g/mol. The third-order valence-electron chi connectivity index (χ3n) is 3.63. The molecule has 1 N–H and O–H groups in total. The summed E-state index contributed by atoms with van der Waals surface area (Å²) < 4.78 is 1.09. The lowest BCUT2D eigenvalue weighted by atomic mass is 9.81. The maximum absolute atomic E-state index is 12.1. The van der Waals surface area contributed by atoms with Crippen molar-refractivity contribution in [3.8, 4) is 0 Å². The molecule has 1 aromatic heterocycles. The molecule has 1 aliphatic rings. The van der Waals surface area contributed by atoms with Crippen LogP contribution in [-0.2, 0) is 11.3 Å². The van der Waals surface area contributed by atoms with E-state index in [9.17, 15) is 4.79 Å². The van der Waals surface area contributed by atoms with Crippen molar-refractivity contribution in [1.82, 2.24) is 5.32 Å². The van der Waals surface area contributed by atoms with E-state index in [0.29, 0.717) is 6.54 Å². The van der Waals surface area contributed by atoms with E-state index in [4.69, 9.17) is 0 Å². The second-order valence-electron chi connectivity index (χ2n) is 5.38. The zero-order valence-corrected chi connectivity index (χ0v) is 12.7. The van der Waals surface area contributed by atoms with Gasteiger partial charge < -0.3 is 5.32 Å². The molecule has 1 heterocycles. The molecular weight excluding hydrogens is 298 g/mol. The fourth-order valence-corrected chi connectivity index (χ4v) is 3.95. The van der Waals surface area contributed by atoms with Crippen molar-refractivity contribution in [2.24, 2.45) is 11.3 Å². The summed E-state index contributed by atoms with van der Waals surface area (Å²) in [7, 11) is 0. The van der Waals surface area contributed by atoms with Gasteiger partial charge in [-0.2, -0.15) is 0 Å². The maximum Gasteiger partial charge on any atom is 0.223 e. The average Bonchev–Trinajstić information content (AvgIpc) is 2.81. The second-order valence-corrected chi connectivity index (χ2v) is 7.29. The number of rotatable bonds is 3. The minimum absolute atomic E-state index is 0.167. The first-order valence-electron chi connectivity index (χ1n) is 6.00. The first-order chi connectivity index (χ1) is 7.99. The van der Waals surface area contributed by atoms with E-state index in [2.05, 4.69) is 41.2 Å². The Bertz CT molecular complexity index is 413. The summed E-state index contributed by atoms with van der Waals surface area (Å²) in [5.74, 6) is 0.405. The quantitative estimate of drug-likeness (QED) is 0.899. The van der Waals surface area contributed by atoms with Gasteiger partial charge in [-0.15, -0.1) is 11.3 Å². The Morgan fingerprint density at radius 2 is 2.41 bits per heavy atom. The Hall–Kier alpha value is -0.350. The largest absolute Gasteiger partial charge is 0.351 e. The minimum Gasteiger partial charge on any atom is -0.351 e. The topological polar surface area (TPSA) is 29.1 Å². The van der Waals surface area contributed by atoms with Gasteiger partial charge in [-0.05, 0) is 40.3 Å². The van der Waals surface area contributed by atoms with Gasteiger partial charge >= 0.3 is 0 Å². The van der Waals surface area contributed by atoms with E-state index in [1.165, 1.54) is 11.3 Å². The number of thiophene rings is 1. The van der Waals surface area contributed by atoms with E-state index in [-0.39, 0.29) is 17.2 Å². The highest BCUT2D eigenvalue weighted by Gasteiger charge is 2.38. The van der Waals surface area contributed by atoms with Crippen LogP contribution in [0.15, 0.2) is 15.9 Å². The van der Waals surface area contributed by atoms with Gasteiger partial charge in [0.05, 0.1) is 6.54 Å². The maximum atomic E-state index is 12.1. The predicted molar refractivity (Wildman–Crippen MR) is 75.0 cm³/mol. The van der Waals surface area contributed by atoms with Crippen LogP contribution in [0.2, 0.25) is 0 Å². The molecule has 0 radical (unpaired) electrons. The molecule has 1 unspecified atom stereocenters. The highest BCUT2D eigenvalue weighted by Crippen LogP contribution is 2.42. The normalized spacial score (nSPS) is 22.6. The van der Waals surface area contributed by atoms with Gasteiger partial charge in [0, 0.05) is 20.6 Å². The average molecular weight is 316 g/mol. The van der Waals surface area contributed by atoms with E-state index in [0.717, 1.165) is 17.3 Å². The smallest absolute Gasteiger partial charge is 0.223 e. The molecule has 1 saturated carbocycles. The number of hydrogen-bond acceptors (Lipinski definition) is 2. The van der Waals surface area contributed by atoms with Crippen LogP contribution in [0.4, 0.5) is 0 Å². The predicted octanol–water partition coefficient (Wildman–Crippen LogP) is 3.95.